The van der Waals surface area contributed by atoms with Gasteiger partial charge in [0.2, 0.25) is 0 Å². The van der Waals surface area contributed by atoms with Crippen molar-refractivity contribution in [3.05, 3.63) is 35.4 Å². The number of hydrogen-bond acceptors (Lipinski definition) is 1. The Morgan fingerprint density at radius 1 is 1.27 bits per heavy atom. The van der Waals surface area contributed by atoms with E-state index >= 15 is 0 Å². The molecule has 1 nitrogen and oxygen atoms in total. The van der Waals surface area contributed by atoms with Crippen LogP contribution in [0.1, 0.15) is 43.2 Å². The normalized spacial score (nSPS) is 19.3. The van der Waals surface area contributed by atoms with Crippen molar-refractivity contribution in [1.82, 2.24) is 0 Å². The minimum atomic E-state index is -0.357. The Balaban J connectivity index is 1.92. The Morgan fingerprint density at radius 2 is 2.00 bits per heavy atom. The van der Waals surface area contributed by atoms with Gasteiger partial charge < -0.3 is 5.11 Å². The summed E-state index contributed by atoms with van der Waals surface area (Å²) in [7, 11) is 0. The monoisotopic (exact) mass is 204 g/mol. The molecule has 1 aromatic carbocycles. The van der Waals surface area contributed by atoms with Crippen LogP contribution in [0.3, 0.4) is 0 Å². The summed E-state index contributed by atoms with van der Waals surface area (Å²) in [6.07, 6.45) is 6.33. The molecule has 0 saturated heterocycles. The molecule has 1 N–H and O–H groups in total. The minimum Gasteiger partial charge on any atom is -0.390 e. The molecule has 0 heterocycles. The fourth-order valence-electron chi connectivity index (χ4n) is 2.53. The van der Waals surface area contributed by atoms with Crippen molar-refractivity contribution in [3.8, 4) is 0 Å². The standard InChI is InChI=1S/C14H20O/c1-12-5-4-6-13(11-12)7-10-14(15)8-2-3-9-14/h4-6,11,15H,2-3,7-10H2,1H3. The van der Waals surface area contributed by atoms with Crippen LogP contribution < -0.4 is 0 Å². The van der Waals surface area contributed by atoms with Gasteiger partial charge in [-0.25, -0.2) is 0 Å². The number of aryl methyl sites for hydroxylation is 2. The fraction of sp³-hybridized carbons (Fsp3) is 0.571. The molecule has 1 aromatic rings. The zero-order valence-corrected chi connectivity index (χ0v) is 9.50. The molecule has 1 aliphatic carbocycles. The van der Waals surface area contributed by atoms with Gasteiger partial charge in [-0.3, -0.25) is 0 Å². The first-order valence-electron chi connectivity index (χ1n) is 5.96. The predicted octanol–water partition coefficient (Wildman–Crippen LogP) is 3.23. The molecule has 0 aromatic heterocycles. The van der Waals surface area contributed by atoms with Crippen LogP contribution in [0, 0.1) is 6.92 Å². The Labute approximate surface area is 92.1 Å². The molecule has 0 amide bonds. The first-order valence-corrected chi connectivity index (χ1v) is 5.96. The highest BCUT2D eigenvalue weighted by molar-refractivity contribution is 5.22. The Bertz CT molecular complexity index is 324. The van der Waals surface area contributed by atoms with Gasteiger partial charge in [-0.2, -0.15) is 0 Å². The van der Waals surface area contributed by atoms with Crippen LogP contribution in [0.25, 0.3) is 0 Å². The first kappa shape index (κ1) is 10.7. The second-order valence-corrected chi connectivity index (χ2v) is 4.92. The molecule has 1 heteroatoms. The molecule has 0 spiro atoms. The van der Waals surface area contributed by atoms with E-state index in [1.807, 2.05) is 0 Å². The highest BCUT2D eigenvalue weighted by atomic mass is 16.3. The van der Waals surface area contributed by atoms with E-state index in [9.17, 15) is 5.11 Å². The molecule has 1 fully saturated rings. The molecule has 0 bridgehead atoms. The van der Waals surface area contributed by atoms with Crippen molar-refractivity contribution >= 4 is 0 Å². The summed E-state index contributed by atoms with van der Waals surface area (Å²) in [5, 5.41) is 10.2. The van der Waals surface area contributed by atoms with Crippen LogP contribution in [0.5, 0.6) is 0 Å². The van der Waals surface area contributed by atoms with Crippen LogP contribution in [0.4, 0.5) is 0 Å². The van der Waals surface area contributed by atoms with E-state index in [-0.39, 0.29) is 5.60 Å². The maximum atomic E-state index is 10.2. The SMILES string of the molecule is Cc1cccc(CCC2(O)CCCC2)c1. The first-order chi connectivity index (χ1) is 7.18. The van der Waals surface area contributed by atoms with Crippen molar-refractivity contribution in [2.75, 3.05) is 0 Å². The van der Waals surface area contributed by atoms with Crippen LogP contribution in [0.15, 0.2) is 24.3 Å². The second kappa shape index (κ2) is 4.36. The second-order valence-electron chi connectivity index (χ2n) is 4.92. The van der Waals surface area contributed by atoms with Crippen molar-refractivity contribution in [2.24, 2.45) is 0 Å². The lowest BCUT2D eigenvalue weighted by molar-refractivity contribution is 0.0391. The van der Waals surface area contributed by atoms with Gasteiger partial charge in [0.1, 0.15) is 0 Å². The van der Waals surface area contributed by atoms with Gasteiger partial charge in [-0.05, 0) is 38.2 Å². The summed E-state index contributed by atoms with van der Waals surface area (Å²) >= 11 is 0. The van der Waals surface area contributed by atoms with Gasteiger partial charge in [-0.15, -0.1) is 0 Å². The third-order valence-corrected chi connectivity index (χ3v) is 3.50. The summed E-state index contributed by atoms with van der Waals surface area (Å²) in [6.45, 7) is 2.12. The van der Waals surface area contributed by atoms with Gasteiger partial charge in [-0.1, -0.05) is 42.7 Å². The van der Waals surface area contributed by atoms with Gasteiger partial charge in [0.25, 0.3) is 0 Å². The zero-order chi connectivity index (χ0) is 10.7. The van der Waals surface area contributed by atoms with Crippen molar-refractivity contribution in [3.63, 3.8) is 0 Å². The average molecular weight is 204 g/mol. The summed E-state index contributed by atoms with van der Waals surface area (Å²) in [5.41, 5.74) is 2.31. The van der Waals surface area contributed by atoms with Gasteiger partial charge in [0.05, 0.1) is 5.60 Å². The third-order valence-electron chi connectivity index (χ3n) is 3.50. The Morgan fingerprint density at radius 3 is 2.67 bits per heavy atom. The van der Waals surface area contributed by atoms with Gasteiger partial charge in [0, 0.05) is 0 Å². The van der Waals surface area contributed by atoms with Crippen LogP contribution >= 0.6 is 0 Å². The van der Waals surface area contributed by atoms with E-state index in [4.69, 9.17) is 0 Å². The Hall–Kier alpha value is -0.820. The lowest BCUT2D eigenvalue weighted by atomic mass is 9.93. The van der Waals surface area contributed by atoms with Crippen LogP contribution in [0.2, 0.25) is 0 Å². The molecule has 15 heavy (non-hydrogen) atoms. The summed E-state index contributed by atoms with van der Waals surface area (Å²) in [6, 6.07) is 8.60. The molecule has 0 aliphatic heterocycles. The Kier molecular flexibility index (Phi) is 3.11. The summed E-state index contributed by atoms with van der Waals surface area (Å²) < 4.78 is 0. The zero-order valence-electron chi connectivity index (χ0n) is 9.50. The van der Waals surface area contributed by atoms with Gasteiger partial charge >= 0.3 is 0 Å². The van der Waals surface area contributed by atoms with Crippen LogP contribution in [-0.2, 0) is 6.42 Å². The van der Waals surface area contributed by atoms with E-state index in [0.29, 0.717) is 0 Å². The molecule has 0 unspecified atom stereocenters. The highest BCUT2D eigenvalue weighted by Gasteiger charge is 2.30. The number of aliphatic hydroxyl groups is 1. The maximum absolute atomic E-state index is 10.2. The summed E-state index contributed by atoms with van der Waals surface area (Å²) in [5.74, 6) is 0. The summed E-state index contributed by atoms with van der Waals surface area (Å²) in [4.78, 5) is 0. The van der Waals surface area contributed by atoms with Crippen LogP contribution in [-0.4, -0.2) is 10.7 Å². The lowest BCUT2D eigenvalue weighted by Gasteiger charge is -2.21. The van der Waals surface area contributed by atoms with Crippen molar-refractivity contribution < 1.29 is 5.11 Å². The van der Waals surface area contributed by atoms with Crippen molar-refractivity contribution in [1.29, 1.82) is 0 Å². The minimum absolute atomic E-state index is 0.357. The molecular formula is C14H20O. The van der Waals surface area contributed by atoms with Gasteiger partial charge in [0.15, 0.2) is 0 Å². The average Bonchev–Trinajstić information content (AvgIpc) is 2.63. The molecule has 1 aliphatic rings. The van der Waals surface area contributed by atoms with E-state index in [1.165, 1.54) is 24.0 Å². The largest absolute Gasteiger partial charge is 0.390 e. The lowest BCUT2D eigenvalue weighted by Crippen LogP contribution is -2.24. The molecular weight excluding hydrogens is 184 g/mol. The molecule has 0 atom stereocenters. The van der Waals surface area contributed by atoms with E-state index in [0.717, 1.165) is 25.7 Å². The van der Waals surface area contributed by atoms with E-state index < -0.39 is 0 Å². The van der Waals surface area contributed by atoms with E-state index in [2.05, 4.69) is 31.2 Å². The fourth-order valence-corrected chi connectivity index (χ4v) is 2.53. The number of benzene rings is 1. The topological polar surface area (TPSA) is 20.2 Å². The number of hydrogen-bond donors (Lipinski definition) is 1. The highest BCUT2D eigenvalue weighted by Crippen LogP contribution is 2.33. The molecule has 82 valence electrons. The van der Waals surface area contributed by atoms with Crippen molar-refractivity contribution in [2.45, 2.75) is 51.0 Å². The molecule has 2 rings (SSSR count). The number of rotatable bonds is 3. The third kappa shape index (κ3) is 2.82. The molecule has 1 saturated carbocycles. The predicted molar refractivity (Wildman–Crippen MR) is 62.9 cm³/mol. The molecule has 0 radical (unpaired) electrons. The van der Waals surface area contributed by atoms with E-state index in [1.54, 1.807) is 0 Å². The maximum Gasteiger partial charge on any atom is 0.0651 e. The quantitative estimate of drug-likeness (QED) is 0.801. The smallest absolute Gasteiger partial charge is 0.0651 e.